The average Bonchev–Trinajstić information content (AvgIpc) is 2.81. The molecule has 13 heteroatoms. The molecule has 180 valence electrons. The quantitative estimate of drug-likeness (QED) is 0.271. The highest BCUT2D eigenvalue weighted by molar-refractivity contribution is 8.00. The van der Waals surface area contributed by atoms with Crippen molar-refractivity contribution in [3.05, 3.63) is 83.2 Å². The first kappa shape index (κ1) is 24.1. The number of β-lactam (4-membered cyclic amide) rings is 1. The highest BCUT2D eigenvalue weighted by Crippen LogP contribution is 2.42. The zero-order chi connectivity index (χ0) is 24.7. The second-order valence-electron chi connectivity index (χ2n) is 7.30. The van der Waals surface area contributed by atoms with E-state index in [1.807, 2.05) is 0 Å². The van der Waals surface area contributed by atoms with E-state index in [0.29, 0.717) is 11.1 Å². The summed E-state index contributed by atoms with van der Waals surface area (Å²) in [6, 6.07) is 16.0. The number of hydrogen-bond donors (Lipinski definition) is 1. The monoisotopic (exact) mass is 514 g/mol. The second-order valence-corrected chi connectivity index (χ2v) is 9.94. The minimum atomic E-state index is -6.09. The molecule has 0 saturated carbocycles. The van der Waals surface area contributed by atoms with Gasteiger partial charge in [-0.25, -0.2) is 4.79 Å². The number of benzene rings is 2. The summed E-state index contributed by atoms with van der Waals surface area (Å²) in [4.78, 5) is 26.4. The fourth-order valence-electron chi connectivity index (χ4n) is 3.47. The van der Waals surface area contributed by atoms with E-state index in [0.717, 1.165) is 16.7 Å². The Labute approximate surface area is 196 Å². The van der Waals surface area contributed by atoms with Crippen molar-refractivity contribution in [1.82, 2.24) is 4.90 Å². The molecule has 4 rings (SSSR count). The van der Waals surface area contributed by atoms with Gasteiger partial charge in [-0.05, 0) is 11.1 Å². The molecule has 0 aliphatic carbocycles. The highest BCUT2D eigenvalue weighted by Gasteiger charge is 2.55. The molecule has 8 nitrogen and oxygen atoms in total. The number of nitrogens with zero attached hydrogens (tertiary/aromatic N) is 1. The van der Waals surface area contributed by atoms with Gasteiger partial charge in [-0.15, -0.1) is 11.8 Å². The van der Waals surface area contributed by atoms with E-state index in [4.69, 9.17) is 10.5 Å². The van der Waals surface area contributed by atoms with Crippen molar-refractivity contribution in [1.29, 1.82) is 0 Å². The maximum absolute atomic E-state index is 13.3. The first-order valence-corrected chi connectivity index (χ1v) is 12.2. The molecular formula is C21H17F3N2O6S2. The lowest BCUT2D eigenvalue weighted by Gasteiger charge is -2.47. The first-order chi connectivity index (χ1) is 16.0. The van der Waals surface area contributed by atoms with Crippen LogP contribution in [0.1, 0.15) is 17.2 Å². The van der Waals surface area contributed by atoms with Gasteiger partial charge < -0.3 is 14.7 Å². The summed E-state index contributed by atoms with van der Waals surface area (Å²) in [5.74, 6) is -3.30. The van der Waals surface area contributed by atoms with E-state index in [2.05, 4.69) is 4.18 Å². The van der Waals surface area contributed by atoms with Crippen LogP contribution in [-0.4, -0.2) is 47.9 Å². The Kier molecular flexibility index (Phi) is 6.36. The van der Waals surface area contributed by atoms with Crippen LogP contribution in [0.25, 0.3) is 0 Å². The minimum Gasteiger partial charge on any atom is -0.448 e. The predicted molar refractivity (Wildman–Crippen MR) is 115 cm³/mol. The van der Waals surface area contributed by atoms with E-state index in [-0.39, 0.29) is 0 Å². The van der Waals surface area contributed by atoms with Gasteiger partial charge in [0, 0.05) is 0 Å². The number of thioether (sulfide) groups is 1. The van der Waals surface area contributed by atoms with Crippen LogP contribution >= 0.6 is 11.8 Å². The van der Waals surface area contributed by atoms with Gasteiger partial charge in [0.25, 0.3) is 0 Å². The molecular weight excluding hydrogens is 497 g/mol. The lowest BCUT2D eigenvalue weighted by Crippen LogP contribution is -2.68. The third-order valence-corrected chi connectivity index (χ3v) is 7.35. The van der Waals surface area contributed by atoms with E-state index < -0.39 is 62.2 Å². The predicted octanol–water partition coefficient (Wildman–Crippen LogP) is 2.64. The van der Waals surface area contributed by atoms with Crippen LogP contribution in [0.5, 0.6) is 0 Å². The van der Waals surface area contributed by atoms with Gasteiger partial charge in [-0.2, -0.15) is 21.6 Å². The maximum atomic E-state index is 13.3. The van der Waals surface area contributed by atoms with Crippen LogP contribution in [0.4, 0.5) is 13.2 Å². The Hall–Kier alpha value is -3.03. The molecule has 1 saturated heterocycles. The topological polar surface area (TPSA) is 116 Å². The van der Waals surface area contributed by atoms with Crippen molar-refractivity contribution in [2.75, 3.05) is 5.75 Å². The number of fused-ring (bicyclic) bond motifs is 1. The number of halogens is 3. The number of rotatable bonds is 6. The second kappa shape index (κ2) is 8.96. The van der Waals surface area contributed by atoms with Crippen molar-refractivity contribution >= 4 is 33.8 Å². The molecule has 0 radical (unpaired) electrons. The molecule has 2 heterocycles. The smallest absolute Gasteiger partial charge is 0.448 e. The Balaban J connectivity index is 1.75. The molecule has 0 unspecified atom stereocenters. The van der Waals surface area contributed by atoms with Gasteiger partial charge in [-0.1, -0.05) is 60.7 Å². The molecule has 1 fully saturated rings. The van der Waals surface area contributed by atoms with Gasteiger partial charge in [-0.3, -0.25) is 9.69 Å². The maximum Gasteiger partial charge on any atom is 0.534 e. The zero-order valence-electron chi connectivity index (χ0n) is 17.1. The van der Waals surface area contributed by atoms with E-state index in [1.165, 1.54) is 0 Å². The van der Waals surface area contributed by atoms with E-state index >= 15 is 0 Å². The molecule has 2 atom stereocenters. The molecule has 2 aliphatic rings. The number of amides is 1. The van der Waals surface area contributed by atoms with Gasteiger partial charge in [0.05, 0.1) is 5.75 Å². The Morgan fingerprint density at radius 1 is 1.06 bits per heavy atom. The molecule has 34 heavy (non-hydrogen) atoms. The van der Waals surface area contributed by atoms with Gasteiger partial charge in [0.1, 0.15) is 11.4 Å². The Bertz CT molecular complexity index is 1200. The third kappa shape index (κ3) is 4.38. The highest BCUT2D eigenvalue weighted by atomic mass is 32.2. The summed E-state index contributed by atoms with van der Waals surface area (Å²) in [5.41, 5.74) is 0.369. The first-order valence-electron chi connectivity index (χ1n) is 9.76. The number of hydrogen-bond acceptors (Lipinski definition) is 8. The largest absolute Gasteiger partial charge is 0.534 e. The summed E-state index contributed by atoms with van der Waals surface area (Å²) in [5, 5.41) is -0.775. The van der Waals surface area contributed by atoms with Crippen LogP contribution < -0.4 is 5.73 Å². The fraction of sp³-hybridized carbons (Fsp3) is 0.238. The molecule has 2 N–H and O–H groups in total. The lowest BCUT2D eigenvalue weighted by molar-refractivity contribution is -0.153. The summed E-state index contributed by atoms with van der Waals surface area (Å²) >= 11 is 0.875. The van der Waals surface area contributed by atoms with Crippen LogP contribution in [0.15, 0.2) is 72.1 Å². The summed E-state index contributed by atoms with van der Waals surface area (Å²) in [7, 11) is -6.09. The number of nitrogens with two attached hydrogens (primary N) is 1. The van der Waals surface area contributed by atoms with E-state index in [9.17, 15) is 31.2 Å². The number of ether oxygens (including phenoxy) is 1. The van der Waals surface area contributed by atoms with Gasteiger partial charge in [0.2, 0.25) is 5.91 Å². The fourth-order valence-corrected chi connectivity index (χ4v) is 5.24. The SMILES string of the molecule is N[C@@H]1C(=O)N2C(C(=O)OC(c3ccccc3)c3ccccc3)=C(OS(=O)(=O)C(F)(F)F)CS[C@H]12. The van der Waals surface area contributed by atoms with Crippen molar-refractivity contribution < 1.29 is 40.1 Å². The minimum absolute atomic E-state index is 0.441. The van der Waals surface area contributed by atoms with Gasteiger partial charge in [0.15, 0.2) is 17.6 Å². The number of carbonyl (C=O) groups excluding carboxylic acids is 2. The number of carbonyl (C=O) groups is 2. The van der Waals surface area contributed by atoms with Crippen molar-refractivity contribution in [3.8, 4) is 0 Å². The van der Waals surface area contributed by atoms with Crippen molar-refractivity contribution in [2.24, 2.45) is 5.73 Å². The van der Waals surface area contributed by atoms with Crippen LogP contribution in [-0.2, 0) is 28.6 Å². The van der Waals surface area contributed by atoms with Crippen LogP contribution in [0.3, 0.4) is 0 Å². The Morgan fingerprint density at radius 2 is 1.59 bits per heavy atom. The normalized spacial score (nSPS) is 20.6. The number of esters is 1. The summed E-state index contributed by atoms with van der Waals surface area (Å²) in [6.45, 7) is 0. The van der Waals surface area contributed by atoms with Crippen molar-refractivity contribution in [2.45, 2.75) is 23.0 Å². The van der Waals surface area contributed by atoms with Crippen LogP contribution in [0.2, 0.25) is 0 Å². The molecule has 0 aromatic heterocycles. The lowest BCUT2D eigenvalue weighted by atomic mass is 10.0. The van der Waals surface area contributed by atoms with Crippen molar-refractivity contribution in [3.63, 3.8) is 0 Å². The van der Waals surface area contributed by atoms with Gasteiger partial charge >= 0.3 is 21.6 Å². The molecule has 0 spiro atoms. The zero-order valence-corrected chi connectivity index (χ0v) is 18.8. The average molecular weight is 515 g/mol. The molecule has 2 aromatic carbocycles. The third-order valence-electron chi connectivity index (χ3n) is 5.09. The molecule has 2 aliphatic heterocycles. The molecule has 1 amide bonds. The van der Waals surface area contributed by atoms with Crippen LogP contribution in [0, 0.1) is 0 Å². The standard InChI is InChI=1S/C21H17F3N2O6S2/c22-21(23,24)34(29,30)32-14-11-33-19-15(25)18(27)26(19)16(14)20(28)31-17(12-7-3-1-4-8-12)13-9-5-2-6-10-13/h1-10,15,17,19H,11,25H2/t15-,19-/m1/s1. The summed E-state index contributed by atoms with van der Waals surface area (Å²) in [6.07, 6.45) is -0.999. The number of alkyl halides is 3. The van der Waals surface area contributed by atoms with E-state index in [1.54, 1.807) is 60.7 Å². The summed E-state index contributed by atoms with van der Waals surface area (Å²) < 4.78 is 72.0. The Morgan fingerprint density at radius 3 is 2.09 bits per heavy atom. The molecule has 0 bridgehead atoms. The molecule has 2 aromatic rings.